The minimum Gasteiger partial charge on any atom is -0.478 e. The Bertz CT molecular complexity index is 613. The number of allylic oxidation sites excluding steroid dienone is 1. The summed E-state index contributed by atoms with van der Waals surface area (Å²) < 4.78 is 39.0. The van der Waals surface area contributed by atoms with Gasteiger partial charge in [0.05, 0.1) is 5.56 Å². The number of nitrogens with zero attached hydrogens (tertiary/aromatic N) is 1. The molecule has 0 atom stereocenters. The number of hydrogen-bond donors (Lipinski definition) is 1. The molecule has 1 aromatic carbocycles. The van der Waals surface area contributed by atoms with E-state index in [9.17, 15) is 17.6 Å². The van der Waals surface area contributed by atoms with Crippen molar-refractivity contribution in [1.29, 1.82) is 0 Å². The summed E-state index contributed by atoms with van der Waals surface area (Å²) in [5.74, 6) is -2.28. The van der Waals surface area contributed by atoms with Crippen LogP contribution < -0.4 is 0 Å². The minimum atomic E-state index is -4.05. The Morgan fingerprint density at radius 2 is 2.15 bits per heavy atom. The van der Waals surface area contributed by atoms with E-state index in [1.54, 1.807) is 6.08 Å². The average molecular weight is 301 g/mol. The molecule has 5 nitrogen and oxygen atoms in total. The lowest BCUT2D eigenvalue weighted by atomic mass is 10.2. The van der Waals surface area contributed by atoms with E-state index in [2.05, 4.69) is 6.58 Å². The lowest BCUT2D eigenvalue weighted by molar-refractivity contribution is 0.0696. The molecule has 0 aliphatic heterocycles. The Morgan fingerprint density at radius 1 is 1.50 bits per heavy atom. The maximum absolute atomic E-state index is 13.7. The fourth-order valence-electron chi connectivity index (χ4n) is 1.58. The van der Waals surface area contributed by atoms with Crippen molar-refractivity contribution in [2.45, 2.75) is 17.7 Å². The van der Waals surface area contributed by atoms with Crippen molar-refractivity contribution in [1.82, 2.24) is 4.31 Å². The normalized spacial score (nSPS) is 11.6. The Balaban J connectivity index is 3.11. The van der Waals surface area contributed by atoms with Gasteiger partial charge in [-0.2, -0.15) is 0 Å². The second-order valence-electron chi connectivity index (χ2n) is 4.21. The van der Waals surface area contributed by atoms with Crippen LogP contribution in [0.2, 0.25) is 0 Å². The summed E-state index contributed by atoms with van der Waals surface area (Å²) in [5.41, 5.74) is -0.274. The fourth-order valence-corrected chi connectivity index (χ4v) is 2.88. The predicted molar refractivity (Wildman–Crippen MR) is 72.6 cm³/mol. The number of sulfonamides is 1. The molecular formula is C13H16FNO4S. The van der Waals surface area contributed by atoms with E-state index < -0.39 is 26.7 Å². The smallest absolute Gasteiger partial charge is 0.335 e. The maximum atomic E-state index is 13.7. The van der Waals surface area contributed by atoms with Gasteiger partial charge in [-0.1, -0.05) is 6.08 Å². The van der Waals surface area contributed by atoms with Crippen LogP contribution in [0, 0.1) is 5.82 Å². The van der Waals surface area contributed by atoms with Crippen LogP contribution in [0.5, 0.6) is 0 Å². The van der Waals surface area contributed by atoms with Crippen molar-refractivity contribution in [2.75, 3.05) is 13.6 Å². The van der Waals surface area contributed by atoms with Crippen LogP contribution >= 0.6 is 0 Å². The molecule has 1 aromatic rings. The van der Waals surface area contributed by atoms with Gasteiger partial charge in [-0.3, -0.25) is 0 Å². The Kier molecular flexibility index (Phi) is 5.41. The molecule has 0 heterocycles. The lowest BCUT2D eigenvalue weighted by Crippen LogP contribution is -2.28. The van der Waals surface area contributed by atoms with E-state index in [0.717, 1.165) is 22.5 Å². The number of carboxylic acids is 1. The first-order chi connectivity index (χ1) is 9.30. The van der Waals surface area contributed by atoms with Crippen molar-refractivity contribution in [3.05, 3.63) is 42.2 Å². The number of benzene rings is 1. The largest absolute Gasteiger partial charge is 0.478 e. The van der Waals surface area contributed by atoms with Crippen LogP contribution in [-0.2, 0) is 10.0 Å². The molecule has 0 aliphatic carbocycles. The van der Waals surface area contributed by atoms with Crippen LogP contribution in [0.4, 0.5) is 4.39 Å². The molecule has 0 saturated carbocycles. The summed E-state index contributed by atoms with van der Waals surface area (Å²) in [7, 11) is -2.72. The van der Waals surface area contributed by atoms with Gasteiger partial charge in [0, 0.05) is 13.6 Å². The summed E-state index contributed by atoms with van der Waals surface area (Å²) >= 11 is 0. The van der Waals surface area contributed by atoms with Gasteiger partial charge in [-0.25, -0.2) is 21.9 Å². The van der Waals surface area contributed by atoms with Gasteiger partial charge in [0.25, 0.3) is 0 Å². The maximum Gasteiger partial charge on any atom is 0.335 e. The highest BCUT2D eigenvalue weighted by Gasteiger charge is 2.25. The molecule has 0 bridgehead atoms. The molecule has 0 radical (unpaired) electrons. The van der Waals surface area contributed by atoms with Gasteiger partial charge < -0.3 is 5.11 Å². The minimum absolute atomic E-state index is 0.199. The third-order valence-corrected chi connectivity index (χ3v) is 4.62. The summed E-state index contributed by atoms with van der Waals surface area (Å²) in [6.07, 6.45) is 2.85. The molecule has 1 N–H and O–H groups in total. The molecule has 7 heteroatoms. The Morgan fingerprint density at radius 3 is 2.70 bits per heavy atom. The number of rotatable bonds is 7. The highest BCUT2D eigenvalue weighted by atomic mass is 32.2. The fraction of sp³-hybridized carbons (Fsp3) is 0.308. The number of aromatic carboxylic acids is 1. The molecular weight excluding hydrogens is 285 g/mol. The van der Waals surface area contributed by atoms with E-state index >= 15 is 0 Å². The number of unbranched alkanes of at least 4 members (excludes halogenated alkanes) is 1. The number of carboxylic acid groups (broad SMARTS) is 1. The Hall–Kier alpha value is -1.73. The molecule has 0 aliphatic rings. The van der Waals surface area contributed by atoms with Gasteiger partial charge in [-0.05, 0) is 31.0 Å². The van der Waals surface area contributed by atoms with Gasteiger partial charge in [0.1, 0.15) is 10.7 Å². The molecule has 0 unspecified atom stereocenters. The van der Waals surface area contributed by atoms with E-state index in [1.165, 1.54) is 7.05 Å². The van der Waals surface area contributed by atoms with Crippen LogP contribution in [-0.4, -0.2) is 37.4 Å². The highest BCUT2D eigenvalue weighted by molar-refractivity contribution is 7.89. The van der Waals surface area contributed by atoms with E-state index in [-0.39, 0.29) is 12.1 Å². The number of hydrogen-bond acceptors (Lipinski definition) is 3. The summed E-state index contributed by atoms with van der Waals surface area (Å²) in [6, 6.07) is 2.69. The van der Waals surface area contributed by atoms with E-state index in [4.69, 9.17) is 5.11 Å². The van der Waals surface area contributed by atoms with Crippen LogP contribution in [0.25, 0.3) is 0 Å². The van der Waals surface area contributed by atoms with Crippen molar-refractivity contribution in [3.63, 3.8) is 0 Å². The van der Waals surface area contributed by atoms with E-state index in [1.807, 2.05) is 0 Å². The third kappa shape index (κ3) is 3.64. The zero-order chi connectivity index (χ0) is 15.3. The average Bonchev–Trinajstić information content (AvgIpc) is 2.38. The van der Waals surface area contributed by atoms with E-state index in [0.29, 0.717) is 12.8 Å². The van der Waals surface area contributed by atoms with Crippen molar-refractivity contribution >= 4 is 16.0 Å². The van der Waals surface area contributed by atoms with Crippen LogP contribution in [0.3, 0.4) is 0 Å². The summed E-state index contributed by atoms with van der Waals surface area (Å²) in [4.78, 5) is 10.2. The predicted octanol–water partition coefficient (Wildman–Crippen LogP) is 2.11. The SMILES string of the molecule is C=CCCCN(C)S(=O)(=O)c1cc(C(=O)O)ccc1F. The van der Waals surface area contributed by atoms with Gasteiger partial charge in [0.15, 0.2) is 0 Å². The van der Waals surface area contributed by atoms with Gasteiger partial charge in [0.2, 0.25) is 10.0 Å². The lowest BCUT2D eigenvalue weighted by Gasteiger charge is -2.17. The topological polar surface area (TPSA) is 74.7 Å². The second kappa shape index (κ2) is 6.62. The molecule has 110 valence electrons. The van der Waals surface area contributed by atoms with Gasteiger partial charge in [-0.15, -0.1) is 6.58 Å². The number of halogens is 1. The van der Waals surface area contributed by atoms with Crippen LogP contribution in [0.1, 0.15) is 23.2 Å². The molecule has 0 saturated heterocycles. The summed E-state index contributed by atoms with van der Waals surface area (Å²) in [6.45, 7) is 3.73. The first-order valence-corrected chi connectivity index (χ1v) is 7.34. The zero-order valence-electron chi connectivity index (χ0n) is 11.0. The molecule has 0 aromatic heterocycles. The standard InChI is InChI=1S/C13H16FNO4S/c1-3-4-5-8-15(2)20(18,19)12-9-10(13(16)17)6-7-11(12)14/h3,6-7,9H,1,4-5,8H2,2H3,(H,16,17). The molecule has 1 rings (SSSR count). The third-order valence-electron chi connectivity index (χ3n) is 2.75. The van der Waals surface area contributed by atoms with Gasteiger partial charge >= 0.3 is 5.97 Å². The number of carbonyl (C=O) groups is 1. The first kappa shape index (κ1) is 16.3. The monoisotopic (exact) mass is 301 g/mol. The summed E-state index contributed by atoms with van der Waals surface area (Å²) in [5, 5.41) is 8.84. The molecule has 0 amide bonds. The Labute approximate surface area is 117 Å². The van der Waals surface area contributed by atoms with Crippen LogP contribution in [0.15, 0.2) is 35.7 Å². The zero-order valence-corrected chi connectivity index (χ0v) is 11.9. The van der Waals surface area contributed by atoms with Crippen molar-refractivity contribution < 1.29 is 22.7 Å². The molecule has 0 spiro atoms. The quantitative estimate of drug-likeness (QED) is 0.618. The van der Waals surface area contributed by atoms with Crippen molar-refractivity contribution in [3.8, 4) is 0 Å². The molecule has 20 heavy (non-hydrogen) atoms. The highest BCUT2D eigenvalue weighted by Crippen LogP contribution is 2.20. The second-order valence-corrected chi connectivity index (χ2v) is 6.22. The molecule has 0 fully saturated rings. The first-order valence-electron chi connectivity index (χ1n) is 5.90. The van der Waals surface area contributed by atoms with Crippen molar-refractivity contribution in [2.24, 2.45) is 0 Å².